The van der Waals surface area contributed by atoms with Gasteiger partial charge in [-0.05, 0) is 61.4 Å². The Kier molecular flexibility index (Phi) is 7.39. The minimum atomic E-state index is -0.475. The van der Waals surface area contributed by atoms with E-state index in [2.05, 4.69) is 10.6 Å². The number of aryl methyl sites for hydroxylation is 2. The Morgan fingerprint density at radius 1 is 0.969 bits per heavy atom. The van der Waals surface area contributed by atoms with E-state index >= 15 is 0 Å². The van der Waals surface area contributed by atoms with Crippen molar-refractivity contribution >= 4 is 29.3 Å². The highest BCUT2D eigenvalue weighted by atomic mass is 16.5. The van der Waals surface area contributed by atoms with Gasteiger partial charge < -0.3 is 15.4 Å². The fourth-order valence-corrected chi connectivity index (χ4v) is 2.99. The zero-order chi connectivity index (χ0) is 22.9. The molecule has 0 aliphatic rings. The first-order chi connectivity index (χ1) is 15.4. The van der Waals surface area contributed by atoms with Crippen LogP contribution in [0, 0.1) is 25.2 Å². The van der Waals surface area contributed by atoms with Gasteiger partial charge in [0.15, 0.2) is 6.61 Å². The predicted octanol–water partition coefficient (Wildman–Crippen LogP) is 4.87. The van der Waals surface area contributed by atoms with Gasteiger partial charge in [0, 0.05) is 11.4 Å². The Balaban J connectivity index is 1.59. The van der Waals surface area contributed by atoms with Crippen molar-refractivity contribution in [3.63, 3.8) is 0 Å². The molecule has 0 aromatic heterocycles. The van der Waals surface area contributed by atoms with Gasteiger partial charge in [0.05, 0.1) is 0 Å². The smallest absolute Gasteiger partial charge is 0.266 e. The van der Waals surface area contributed by atoms with E-state index in [9.17, 15) is 14.9 Å². The van der Waals surface area contributed by atoms with Crippen LogP contribution in [-0.2, 0) is 9.59 Å². The molecule has 6 nitrogen and oxygen atoms in total. The van der Waals surface area contributed by atoms with E-state index < -0.39 is 5.91 Å². The van der Waals surface area contributed by atoms with Crippen molar-refractivity contribution in [2.75, 3.05) is 17.2 Å². The Labute approximate surface area is 187 Å². The van der Waals surface area contributed by atoms with E-state index in [1.54, 1.807) is 36.4 Å². The maximum Gasteiger partial charge on any atom is 0.266 e. The number of benzene rings is 3. The molecule has 2 amide bonds. The molecule has 0 unspecified atom stereocenters. The second-order valence-corrected chi connectivity index (χ2v) is 7.21. The number of rotatable bonds is 7. The van der Waals surface area contributed by atoms with Gasteiger partial charge in [-0.2, -0.15) is 5.26 Å². The molecular formula is C26H23N3O3. The predicted molar refractivity (Wildman–Crippen MR) is 125 cm³/mol. The monoisotopic (exact) mass is 425 g/mol. The molecule has 0 bridgehead atoms. The van der Waals surface area contributed by atoms with Gasteiger partial charge in [-0.1, -0.05) is 48.0 Å². The first kappa shape index (κ1) is 22.3. The number of nitrogens with zero attached hydrogens (tertiary/aromatic N) is 1. The quantitative estimate of drug-likeness (QED) is 0.417. The molecule has 0 saturated heterocycles. The molecule has 3 aromatic rings. The lowest BCUT2D eigenvalue weighted by molar-refractivity contribution is -0.118. The SMILES string of the molecule is Cc1ccc(NC(=O)/C(C#N)=C/c2ccc(OCC(=O)Nc3ccccc3)cc2)c(C)c1. The summed E-state index contributed by atoms with van der Waals surface area (Å²) in [6.45, 7) is 3.74. The molecule has 0 fully saturated rings. The van der Waals surface area contributed by atoms with E-state index in [0.717, 1.165) is 11.1 Å². The number of carbonyl (C=O) groups is 2. The third-order valence-electron chi connectivity index (χ3n) is 4.61. The molecule has 0 aliphatic carbocycles. The number of para-hydroxylation sites is 1. The van der Waals surface area contributed by atoms with Gasteiger partial charge in [0.2, 0.25) is 0 Å². The van der Waals surface area contributed by atoms with Crippen LogP contribution in [-0.4, -0.2) is 18.4 Å². The molecule has 2 N–H and O–H groups in total. The Bertz CT molecular complexity index is 1180. The van der Waals surface area contributed by atoms with Gasteiger partial charge in [0.1, 0.15) is 17.4 Å². The van der Waals surface area contributed by atoms with Gasteiger partial charge in [0.25, 0.3) is 11.8 Å². The summed E-state index contributed by atoms with van der Waals surface area (Å²) >= 11 is 0. The fraction of sp³-hybridized carbons (Fsp3) is 0.115. The van der Waals surface area contributed by atoms with E-state index in [-0.39, 0.29) is 18.1 Å². The fourth-order valence-electron chi connectivity index (χ4n) is 2.99. The highest BCUT2D eigenvalue weighted by Crippen LogP contribution is 2.19. The highest BCUT2D eigenvalue weighted by Gasteiger charge is 2.11. The molecule has 0 spiro atoms. The average molecular weight is 425 g/mol. The molecule has 3 aromatic carbocycles. The standard InChI is InChI=1S/C26H23N3O3/c1-18-8-13-24(19(2)14-18)29-26(31)21(16-27)15-20-9-11-23(12-10-20)32-17-25(30)28-22-6-4-3-5-7-22/h3-15H,17H2,1-2H3,(H,28,30)(H,29,31)/b21-15+. The number of amides is 2. The molecule has 32 heavy (non-hydrogen) atoms. The average Bonchev–Trinajstić information content (AvgIpc) is 2.79. The third-order valence-corrected chi connectivity index (χ3v) is 4.61. The normalized spacial score (nSPS) is 10.7. The highest BCUT2D eigenvalue weighted by molar-refractivity contribution is 6.10. The number of hydrogen-bond acceptors (Lipinski definition) is 4. The number of nitrogens with one attached hydrogen (secondary N) is 2. The Hall–Kier alpha value is -4.37. The minimum absolute atomic E-state index is 0.0131. The summed E-state index contributed by atoms with van der Waals surface area (Å²) < 4.78 is 5.50. The van der Waals surface area contributed by atoms with Gasteiger partial charge in [-0.3, -0.25) is 9.59 Å². The van der Waals surface area contributed by atoms with Crippen molar-refractivity contribution in [1.29, 1.82) is 5.26 Å². The first-order valence-corrected chi connectivity index (χ1v) is 10.0. The molecule has 0 atom stereocenters. The van der Waals surface area contributed by atoms with Crippen LogP contribution in [0.1, 0.15) is 16.7 Å². The van der Waals surface area contributed by atoms with Crippen molar-refractivity contribution in [3.8, 4) is 11.8 Å². The lowest BCUT2D eigenvalue weighted by Gasteiger charge is -2.09. The summed E-state index contributed by atoms with van der Waals surface area (Å²) in [4.78, 5) is 24.5. The molecule has 0 heterocycles. The van der Waals surface area contributed by atoms with Gasteiger partial charge in [-0.25, -0.2) is 0 Å². The number of ether oxygens (including phenoxy) is 1. The Morgan fingerprint density at radius 3 is 2.34 bits per heavy atom. The molecular weight excluding hydrogens is 402 g/mol. The molecule has 0 saturated carbocycles. The molecule has 0 radical (unpaired) electrons. The van der Waals surface area contributed by atoms with Crippen LogP contribution in [0.5, 0.6) is 5.75 Å². The van der Waals surface area contributed by atoms with Crippen LogP contribution >= 0.6 is 0 Å². The zero-order valence-electron chi connectivity index (χ0n) is 17.9. The summed E-state index contributed by atoms with van der Waals surface area (Å²) in [5, 5.41) is 14.9. The van der Waals surface area contributed by atoms with Crippen molar-refractivity contribution < 1.29 is 14.3 Å². The maximum atomic E-state index is 12.5. The number of carbonyl (C=O) groups excluding carboxylic acids is 2. The van der Waals surface area contributed by atoms with Crippen LogP contribution in [0.2, 0.25) is 0 Å². The largest absolute Gasteiger partial charge is 0.484 e. The van der Waals surface area contributed by atoms with Crippen LogP contribution < -0.4 is 15.4 Å². The van der Waals surface area contributed by atoms with E-state index in [4.69, 9.17) is 4.74 Å². The number of hydrogen-bond donors (Lipinski definition) is 2. The lowest BCUT2D eigenvalue weighted by atomic mass is 10.1. The second kappa shape index (κ2) is 10.6. The van der Waals surface area contributed by atoms with Gasteiger partial charge in [-0.15, -0.1) is 0 Å². The second-order valence-electron chi connectivity index (χ2n) is 7.21. The molecule has 160 valence electrons. The number of nitriles is 1. The third kappa shape index (κ3) is 6.31. The summed E-state index contributed by atoms with van der Waals surface area (Å²) in [5.74, 6) is -0.240. The van der Waals surface area contributed by atoms with E-state index in [1.807, 2.05) is 56.3 Å². The molecule has 6 heteroatoms. The van der Waals surface area contributed by atoms with Crippen molar-refractivity contribution in [2.45, 2.75) is 13.8 Å². The topological polar surface area (TPSA) is 91.2 Å². The first-order valence-electron chi connectivity index (χ1n) is 10.0. The van der Waals surface area contributed by atoms with Gasteiger partial charge >= 0.3 is 0 Å². The minimum Gasteiger partial charge on any atom is -0.484 e. The lowest BCUT2D eigenvalue weighted by Crippen LogP contribution is -2.20. The summed E-state index contributed by atoms with van der Waals surface area (Å²) in [7, 11) is 0. The van der Waals surface area contributed by atoms with E-state index in [1.165, 1.54) is 6.08 Å². The van der Waals surface area contributed by atoms with Crippen LogP contribution in [0.4, 0.5) is 11.4 Å². The van der Waals surface area contributed by atoms with Crippen LogP contribution in [0.25, 0.3) is 6.08 Å². The summed E-state index contributed by atoms with van der Waals surface area (Å²) in [5.41, 5.74) is 4.04. The maximum absolute atomic E-state index is 12.5. The molecule has 3 rings (SSSR count). The van der Waals surface area contributed by atoms with Crippen LogP contribution in [0.3, 0.4) is 0 Å². The number of anilines is 2. The zero-order valence-corrected chi connectivity index (χ0v) is 17.9. The van der Waals surface area contributed by atoms with Crippen LogP contribution in [0.15, 0.2) is 78.4 Å². The van der Waals surface area contributed by atoms with Crippen molar-refractivity contribution in [2.24, 2.45) is 0 Å². The van der Waals surface area contributed by atoms with Crippen molar-refractivity contribution in [1.82, 2.24) is 0 Å². The summed E-state index contributed by atoms with van der Waals surface area (Å²) in [6, 6.07) is 23.5. The molecule has 0 aliphatic heterocycles. The Morgan fingerprint density at radius 2 is 1.69 bits per heavy atom. The van der Waals surface area contributed by atoms with Crippen molar-refractivity contribution in [3.05, 3.63) is 95.1 Å². The van der Waals surface area contributed by atoms with E-state index in [0.29, 0.717) is 22.7 Å². The summed E-state index contributed by atoms with van der Waals surface area (Å²) in [6.07, 6.45) is 1.50.